The van der Waals surface area contributed by atoms with Crippen LogP contribution in [0.4, 0.5) is 0 Å². The molecule has 1 amide bonds. The summed E-state index contributed by atoms with van der Waals surface area (Å²) >= 11 is 0. The molecule has 2 rings (SSSR count). The molecule has 1 aromatic rings. The second-order valence-corrected chi connectivity index (χ2v) is 7.02. The number of aromatic nitrogens is 1. The molecule has 1 atom stereocenters. The number of amides is 1. The molecule has 20 heavy (non-hydrogen) atoms. The Bertz CT molecular complexity index is 574. The Kier molecular flexibility index (Phi) is 4.39. The normalized spacial score (nSPS) is 20.0. The van der Waals surface area contributed by atoms with E-state index in [2.05, 4.69) is 4.98 Å². The van der Waals surface area contributed by atoms with Crippen molar-refractivity contribution >= 4 is 15.9 Å². The molecule has 0 bridgehead atoms. The highest BCUT2D eigenvalue weighted by Gasteiger charge is 2.37. The summed E-state index contributed by atoms with van der Waals surface area (Å²) in [6.45, 7) is 0.858. The van der Waals surface area contributed by atoms with Gasteiger partial charge in [0.1, 0.15) is 6.04 Å². The Morgan fingerprint density at radius 2 is 2.30 bits per heavy atom. The molecule has 1 fully saturated rings. The number of hydrogen-bond acceptors (Lipinski definition) is 4. The Balaban J connectivity index is 2.07. The molecule has 2 heterocycles. The van der Waals surface area contributed by atoms with Crippen LogP contribution in [0.3, 0.4) is 0 Å². The summed E-state index contributed by atoms with van der Waals surface area (Å²) in [6.07, 6.45) is 5.84. The van der Waals surface area contributed by atoms with Gasteiger partial charge in [0, 0.05) is 32.5 Å². The van der Waals surface area contributed by atoms with E-state index in [1.54, 1.807) is 24.3 Å². The second kappa shape index (κ2) is 5.88. The maximum absolute atomic E-state index is 12.4. The zero-order valence-electron chi connectivity index (χ0n) is 11.7. The van der Waals surface area contributed by atoms with Crippen molar-refractivity contribution in [2.45, 2.75) is 25.4 Å². The van der Waals surface area contributed by atoms with Crippen LogP contribution in [0, 0.1) is 0 Å². The summed E-state index contributed by atoms with van der Waals surface area (Å²) in [7, 11) is -1.64. The topological polar surface area (TPSA) is 70.6 Å². The van der Waals surface area contributed by atoms with Crippen LogP contribution < -0.4 is 0 Å². The van der Waals surface area contributed by atoms with E-state index in [1.165, 1.54) is 4.31 Å². The number of pyridine rings is 1. The van der Waals surface area contributed by atoms with E-state index in [4.69, 9.17) is 0 Å². The van der Waals surface area contributed by atoms with Crippen LogP contribution in [0.1, 0.15) is 18.4 Å². The Hall–Kier alpha value is -1.47. The molecule has 6 nitrogen and oxygen atoms in total. The third-order valence-electron chi connectivity index (χ3n) is 3.43. The van der Waals surface area contributed by atoms with Crippen molar-refractivity contribution < 1.29 is 13.2 Å². The Morgan fingerprint density at radius 1 is 1.55 bits per heavy atom. The van der Waals surface area contributed by atoms with Gasteiger partial charge in [-0.25, -0.2) is 8.42 Å². The van der Waals surface area contributed by atoms with Gasteiger partial charge in [0.25, 0.3) is 0 Å². The average Bonchev–Trinajstić information content (AvgIpc) is 2.88. The summed E-state index contributed by atoms with van der Waals surface area (Å²) in [4.78, 5) is 18.0. The standard InChI is InChI=1S/C13H19N3O3S/c1-15(10-11-5-3-7-14-9-11)13(17)12-6-4-8-16(12)20(2,18)19/h3,5,7,9,12H,4,6,8,10H2,1-2H3/t12-/m0/s1. The summed E-state index contributed by atoms with van der Waals surface area (Å²) in [5.74, 6) is -0.156. The van der Waals surface area contributed by atoms with Crippen LogP contribution in [0.5, 0.6) is 0 Å². The first-order valence-electron chi connectivity index (χ1n) is 6.50. The number of nitrogens with zero attached hydrogens (tertiary/aromatic N) is 3. The fraction of sp³-hybridized carbons (Fsp3) is 0.538. The van der Waals surface area contributed by atoms with E-state index in [0.717, 1.165) is 18.2 Å². The maximum Gasteiger partial charge on any atom is 0.241 e. The first-order chi connectivity index (χ1) is 9.39. The van der Waals surface area contributed by atoms with E-state index in [1.807, 2.05) is 12.1 Å². The number of carbonyl (C=O) groups is 1. The van der Waals surface area contributed by atoms with Gasteiger partial charge in [0.15, 0.2) is 0 Å². The van der Waals surface area contributed by atoms with Gasteiger partial charge in [-0.15, -0.1) is 0 Å². The number of likely N-dealkylation sites (N-methyl/N-ethyl adjacent to an activating group) is 1. The number of carbonyl (C=O) groups excluding carboxylic acids is 1. The number of rotatable bonds is 4. The lowest BCUT2D eigenvalue weighted by Crippen LogP contribution is -2.45. The molecule has 0 aliphatic carbocycles. The quantitative estimate of drug-likeness (QED) is 0.810. The van der Waals surface area contributed by atoms with E-state index in [0.29, 0.717) is 19.5 Å². The smallest absolute Gasteiger partial charge is 0.241 e. The largest absolute Gasteiger partial charge is 0.340 e. The minimum atomic E-state index is -3.33. The zero-order valence-corrected chi connectivity index (χ0v) is 12.5. The number of sulfonamides is 1. The highest BCUT2D eigenvalue weighted by molar-refractivity contribution is 7.88. The molecule has 0 aromatic carbocycles. The highest BCUT2D eigenvalue weighted by Crippen LogP contribution is 2.22. The first-order valence-corrected chi connectivity index (χ1v) is 8.35. The van der Waals surface area contributed by atoms with Crippen molar-refractivity contribution in [3.05, 3.63) is 30.1 Å². The molecule has 0 N–H and O–H groups in total. The van der Waals surface area contributed by atoms with Crippen molar-refractivity contribution in [2.75, 3.05) is 19.8 Å². The molecule has 0 radical (unpaired) electrons. The molecule has 0 unspecified atom stereocenters. The van der Waals surface area contributed by atoms with Gasteiger partial charge in [-0.2, -0.15) is 4.31 Å². The predicted octanol–water partition coefficient (Wildman–Crippen LogP) is 0.464. The third kappa shape index (κ3) is 3.34. The SMILES string of the molecule is CN(Cc1cccnc1)C(=O)[C@@H]1CCCN1S(C)(=O)=O. The van der Waals surface area contributed by atoms with E-state index >= 15 is 0 Å². The fourth-order valence-corrected chi connectivity index (χ4v) is 3.60. The van der Waals surface area contributed by atoms with E-state index < -0.39 is 16.1 Å². The van der Waals surface area contributed by atoms with Crippen LogP contribution in [-0.4, -0.2) is 54.4 Å². The van der Waals surface area contributed by atoms with Gasteiger partial charge >= 0.3 is 0 Å². The molecule has 110 valence electrons. The second-order valence-electron chi connectivity index (χ2n) is 5.09. The summed E-state index contributed by atoms with van der Waals surface area (Å²) in [6, 6.07) is 3.14. The molecule has 1 saturated heterocycles. The van der Waals surface area contributed by atoms with Gasteiger partial charge in [0.2, 0.25) is 15.9 Å². The monoisotopic (exact) mass is 297 g/mol. The Labute approximate surface area is 119 Å². The van der Waals surface area contributed by atoms with Gasteiger partial charge in [0.05, 0.1) is 6.26 Å². The zero-order chi connectivity index (χ0) is 14.8. The van der Waals surface area contributed by atoms with E-state index in [9.17, 15) is 13.2 Å². The molecule has 1 aliphatic heterocycles. The molecule has 1 aliphatic rings. The van der Waals surface area contributed by atoms with Crippen molar-refractivity contribution in [1.82, 2.24) is 14.2 Å². The Morgan fingerprint density at radius 3 is 2.90 bits per heavy atom. The average molecular weight is 297 g/mol. The van der Waals surface area contributed by atoms with Crippen molar-refractivity contribution in [3.8, 4) is 0 Å². The lowest BCUT2D eigenvalue weighted by Gasteiger charge is -2.26. The van der Waals surface area contributed by atoms with Crippen LogP contribution >= 0.6 is 0 Å². The molecular weight excluding hydrogens is 278 g/mol. The lowest BCUT2D eigenvalue weighted by molar-refractivity contribution is -0.133. The van der Waals surface area contributed by atoms with Crippen LogP contribution in [0.25, 0.3) is 0 Å². The van der Waals surface area contributed by atoms with Crippen molar-refractivity contribution in [1.29, 1.82) is 0 Å². The van der Waals surface area contributed by atoms with Crippen LogP contribution in [0.2, 0.25) is 0 Å². The first kappa shape index (κ1) is 14.9. The van der Waals surface area contributed by atoms with Crippen molar-refractivity contribution in [3.63, 3.8) is 0 Å². The summed E-state index contributed by atoms with van der Waals surface area (Å²) < 4.78 is 24.6. The predicted molar refractivity (Wildman–Crippen MR) is 75.3 cm³/mol. The summed E-state index contributed by atoms with van der Waals surface area (Å²) in [5, 5.41) is 0. The van der Waals surface area contributed by atoms with Crippen molar-refractivity contribution in [2.24, 2.45) is 0 Å². The molecular formula is C13H19N3O3S. The fourth-order valence-electron chi connectivity index (χ4n) is 2.48. The van der Waals surface area contributed by atoms with Gasteiger partial charge in [-0.3, -0.25) is 9.78 Å². The van der Waals surface area contributed by atoms with Crippen LogP contribution in [-0.2, 0) is 21.4 Å². The molecule has 0 saturated carbocycles. The minimum Gasteiger partial charge on any atom is -0.340 e. The molecule has 1 aromatic heterocycles. The van der Waals surface area contributed by atoms with Crippen LogP contribution in [0.15, 0.2) is 24.5 Å². The van der Waals surface area contributed by atoms with Gasteiger partial charge in [-0.1, -0.05) is 6.07 Å². The number of hydrogen-bond donors (Lipinski definition) is 0. The van der Waals surface area contributed by atoms with Gasteiger partial charge in [-0.05, 0) is 24.5 Å². The molecule has 7 heteroatoms. The molecule has 0 spiro atoms. The van der Waals surface area contributed by atoms with E-state index in [-0.39, 0.29) is 5.91 Å². The lowest BCUT2D eigenvalue weighted by atomic mass is 10.2. The van der Waals surface area contributed by atoms with Gasteiger partial charge < -0.3 is 4.90 Å². The minimum absolute atomic E-state index is 0.156. The summed E-state index contributed by atoms with van der Waals surface area (Å²) in [5.41, 5.74) is 0.923. The highest BCUT2D eigenvalue weighted by atomic mass is 32.2. The maximum atomic E-state index is 12.4. The third-order valence-corrected chi connectivity index (χ3v) is 4.72.